The summed E-state index contributed by atoms with van der Waals surface area (Å²) < 4.78 is 0. The van der Waals surface area contributed by atoms with Crippen LogP contribution in [0.15, 0.2) is 30.3 Å². The fourth-order valence-corrected chi connectivity index (χ4v) is 1.50. The minimum absolute atomic E-state index is 0.124. The lowest BCUT2D eigenvalue weighted by molar-refractivity contribution is 0.0658. The molecule has 0 aliphatic carbocycles. The Labute approximate surface area is 89.9 Å². The summed E-state index contributed by atoms with van der Waals surface area (Å²) in [6, 6.07) is 10.2. The van der Waals surface area contributed by atoms with Crippen LogP contribution >= 0.6 is 0 Å². The van der Waals surface area contributed by atoms with Crippen molar-refractivity contribution in [1.82, 2.24) is 10.8 Å². The number of hydrogen-bond donors (Lipinski definition) is 4. The number of aliphatic hydroxyl groups excluding tert-OH is 1. The number of benzene rings is 1. The van der Waals surface area contributed by atoms with Gasteiger partial charge in [0.15, 0.2) is 0 Å². The fraction of sp³-hybridized carbons (Fsp3) is 0.455. The van der Waals surface area contributed by atoms with Gasteiger partial charge in [-0.3, -0.25) is 5.32 Å². The van der Waals surface area contributed by atoms with Gasteiger partial charge in [0.2, 0.25) is 0 Å². The van der Waals surface area contributed by atoms with Crippen LogP contribution in [0.5, 0.6) is 0 Å². The number of aliphatic hydroxyl groups is 1. The van der Waals surface area contributed by atoms with Crippen molar-refractivity contribution in [2.45, 2.75) is 25.6 Å². The van der Waals surface area contributed by atoms with Crippen molar-refractivity contribution in [2.24, 2.45) is 0 Å². The molecule has 0 radical (unpaired) electrons. The Hall–Kier alpha value is -0.940. The van der Waals surface area contributed by atoms with Crippen LogP contribution in [0.3, 0.4) is 0 Å². The number of hydroxylamine groups is 1. The Morgan fingerprint density at radius 3 is 2.53 bits per heavy atom. The van der Waals surface area contributed by atoms with Crippen molar-refractivity contribution in [2.75, 3.05) is 6.54 Å². The van der Waals surface area contributed by atoms with E-state index in [2.05, 4.69) is 17.4 Å². The number of nitrogens with one attached hydrogen (secondary N) is 2. The second kappa shape index (κ2) is 6.53. The molecule has 0 spiro atoms. The van der Waals surface area contributed by atoms with E-state index in [0.717, 1.165) is 6.42 Å². The highest BCUT2D eigenvalue weighted by Gasteiger charge is 2.08. The van der Waals surface area contributed by atoms with Crippen molar-refractivity contribution >= 4 is 0 Å². The van der Waals surface area contributed by atoms with E-state index in [1.165, 1.54) is 5.56 Å². The number of hydrogen-bond acceptors (Lipinski definition) is 4. The molecular weight excluding hydrogens is 192 g/mol. The van der Waals surface area contributed by atoms with Gasteiger partial charge < -0.3 is 10.3 Å². The van der Waals surface area contributed by atoms with Gasteiger partial charge in [-0.1, -0.05) is 30.3 Å². The van der Waals surface area contributed by atoms with E-state index in [-0.39, 0.29) is 12.6 Å². The molecule has 84 valence electrons. The second-order valence-corrected chi connectivity index (χ2v) is 3.64. The van der Waals surface area contributed by atoms with Gasteiger partial charge in [0.1, 0.15) is 6.23 Å². The molecule has 0 amide bonds. The molecule has 1 unspecified atom stereocenters. The van der Waals surface area contributed by atoms with Crippen LogP contribution in [-0.2, 0) is 6.42 Å². The predicted molar refractivity (Wildman–Crippen MR) is 58.5 cm³/mol. The quantitative estimate of drug-likeness (QED) is 0.408. The van der Waals surface area contributed by atoms with Crippen molar-refractivity contribution < 1.29 is 10.3 Å². The molecule has 0 bridgehead atoms. The summed E-state index contributed by atoms with van der Waals surface area (Å²) >= 11 is 0. The molecule has 1 aromatic rings. The minimum Gasteiger partial charge on any atom is -0.377 e. The fourth-order valence-electron chi connectivity index (χ4n) is 1.50. The third kappa shape index (κ3) is 4.90. The average Bonchev–Trinajstić information content (AvgIpc) is 2.19. The maximum Gasteiger partial charge on any atom is 0.120 e. The normalized spacial score (nSPS) is 14.9. The van der Waals surface area contributed by atoms with Gasteiger partial charge in [0.05, 0.1) is 6.54 Å². The molecule has 0 aliphatic rings. The summed E-state index contributed by atoms with van der Waals surface area (Å²) in [5.74, 6) is 0. The van der Waals surface area contributed by atoms with E-state index in [1.807, 2.05) is 30.6 Å². The Balaban J connectivity index is 2.33. The van der Waals surface area contributed by atoms with E-state index in [9.17, 15) is 5.11 Å². The van der Waals surface area contributed by atoms with E-state index in [0.29, 0.717) is 0 Å². The maximum absolute atomic E-state index is 9.36. The summed E-state index contributed by atoms with van der Waals surface area (Å²) in [5.41, 5.74) is 3.15. The van der Waals surface area contributed by atoms with Crippen molar-refractivity contribution in [3.05, 3.63) is 35.9 Å². The third-order valence-corrected chi connectivity index (χ3v) is 2.15. The maximum atomic E-state index is 9.36. The average molecular weight is 210 g/mol. The molecule has 0 saturated carbocycles. The van der Waals surface area contributed by atoms with E-state index < -0.39 is 6.23 Å². The first-order valence-electron chi connectivity index (χ1n) is 5.07. The molecule has 0 aliphatic heterocycles. The highest BCUT2D eigenvalue weighted by atomic mass is 16.5. The van der Waals surface area contributed by atoms with Crippen molar-refractivity contribution in [3.8, 4) is 0 Å². The van der Waals surface area contributed by atoms with Crippen molar-refractivity contribution in [1.29, 1.82) is 0 Å². The molecule has 0 aromatic heterocycles. The summed E-state index contributed by atoms with van der Waals surface area (Å²) in [6.45, 7) is 2.12. The molecule has 0 fully saturated rings. The summed E-state index contributed by atoms with van der Waals surface area (Å²) in [7, 11) is 0. The second-order valence-electron chi connectivity index (χ2n) is 3.64. The highest BCUT2D eigenvalue weighted by Crippen LogP contribution is 2.02. The van der Waals surface area contributed by atoms with E-state index >= 15 is 0 Å². The first kappa shape index (κ1) is 12.1. The van der Waals surface area contributed by atoms with Gasteiger partial charge >= 0.3 is 0 Å². The SMILES string of the molecule is C[C@H](Cc1ccccc1)NC(O)CNO. The summed E-state index contributed by atoms with van der Waals surface area (Å²) in [4.78, 5) is 0. The van der Waals surface area contributed by atoms with Crippen LogP contribution < -0.4 is 10.8 Å². The Morgan fingerprint density at radius 2 is 1.93 bits per heavy atom. The van der Waals surface area contributed by atoms with Gasteiger partial charge in [0.25, 0.3) is 0 Å². The Kier molecular flexibility index (Phi) is 5.28. The molecule has 1 aromatic carbocycles. The molecule has 1 rings (SSSR count). The smallest absolute Gasteiger partial charge is 0.120 e. The third-order valence-electron chi connectivity index (χ3n) is 2.15. The predicted octanol–water partition coefficient (Wildman–Crippen LogP) is 0.504. The molecule has 15 heavy (non-hydrogen) atoms. The lowest BCUT2D eigenvalue weighted by atomic mass is 10.1. The molecule has 4 heteroatoms. The zero-order chi connectivity index (χ0) is 11.1. The van der Waals surface area contributed by atoms with Crippen molar-refractivity contribution in [3.63, 3.8) is 0 Å². The lowest BCUT2D eigenvalue weighted by Crippen LogP contribution is -2.43. The minimum atomic E-state index is -0.728. The van der Waals surface area contributed by atoms with Gasteiger partial charge in [-0.2, -0.15) is 0 Å². The van der Waals surface area contributed by atoms with Crippen LogP contribution in [-0.4, -0.2) is 29.1 Å². The van der Waals surface area contributed by atoms with Gasteiger partial charge in [-0.25, -0.2) is 5.48 Å². The van der Waals surface area contributed by atoms with Gasteiger partial charge in [-0.05, 0) is 18.9 Å². The van der Waals surface area contributed by atoms with E-state index in [4.69, 9.17) is 5.21 Å². The first-order chi connectivity index (χ1) is 7.22. The molecule has 2 atom stereocenters. The van der Waals surface area contributed by atoms with Gasteiger partial charge in [0, 0.05) is 6.04 Å². The van der Waals surface area contributed by atoms with Crippen LogP contribution in [0, 0.1) is 0 Å². The molecule has 0 saturated heterocycles. The van der Waals surface area contributed by atoms with Crippen LogP contribution in [0.4, 0.5) is 0 Å². The summed E-state index contributed by atoms with van der Waals surface area (Å²) in [5, 5.41) is 20.7. The van der Waals surface area contributed by atoms with Crippen LogP contribution in [0.25, 0.3) is 0 Å². The first-order valence-corrected chi connectivity index (χ1v) is 5.07. The topological polar surface area (TPSA) is 64.5 Å². The largest absolute Gasteiger partial charge is 0.377 e. The molecule has 0 heterocycles. The standard InChI is InChI=1S/C11H18N2O2/c1-9(13-11(14)8-12-15)7-10-5-3-2-4-6-10/h2-6,9,11-15H,7-8H2,1H3/t9-,11?/m1/s1. The Bertz CT molecular complexity index is 267. The van der Waals surface area contributed by atoms with Crippen LogP contribution in [0.1, 0.15) is 12.5 Å². The zero-order valence-corrected chi connectivity index (χ0v) is 8.85. The van der Waals surface area contributed by atoms with Gasteiger partial charge in [-0.15, -0.1) is 0 Å². The highest BCUT2D eigenvalue weighted by molar-refractivity contribution is 5.15. The summed E-state index contributed by atoms with van der Waals surface area (Å²) in [6.07, 6.45) is 0.122. The molecular formula is C11H18N2O2. The molecule has 4 nitrogen and oxygen atoms in total. The number of rotatable bonds is 6. The lowest BCUT2D eigenvalue weighted by Gasteiger charge is -2.18. The monoisotopic (exact) mass is 210 g/mol. The Morgan fingerprint density at radius 1 is 1.27 bits per heavy atom. The van der Waals surface area contributed by atoms with E-state index in [1.54, 1.807) is 0 Å². The zero-order valence-electron chi connectivity index (χ0n) is 8.85. The molecule has 4 N–H and O–H groups in total. The van der Waals surface area contributed by atoms with Crippen LogP contribution in [0.2, 0.25) is 0 Å².